The summed E-state index contributed by atoms with van der Waals surface area (Å²) in [5, 5.41) is 0. The van der Waals surface area contributed by atoms with Crippen molar-refractivity contribution in [2.45, 2.75) is 25.1 Å². The van der Waals surface area contributed by atoms with Crippen molar-refractivity contribution >= 4 is 37.6 Å². The molecule has 0 aromatic heterocycles. The number of alkyl halides is 1. The Morgan fingerprint density at radius 2 is 2.12 bits per heavy atom. The van der Waals surface area contributed by atoms with Gasteiger partial charge in [0.25, 0.3) is 0 Å². The van der Waals surface area contributed by atoms with Crippen molar-refractivity contribution in [2.24, 2.45) is 0 Å². The van der Waals surface area contributed by atoms with Crippen LogP contribution in [-0.2, 0) is 0 Å². The highest BCUT2D eigenvalue weighted by Gasteiger charge is 2.16. The molecule has 2 nitrogen and oxygen atoms in total. The van der Waals surface area contributed by atoms with E-state index in [1.807, 2.05) is 19.9 Å². The Balaban J connectivity index is 2.92. The average molecular weight is 350 g/mol. The third kappa shape index (κ3) is 3.32. The molecule has 0 fully saturated rings. The smallest absolute Gasteiger partial charge is 0.176 e. The lowest BCUT2D eigenvalue weighted by Crippen LogP contribution is -2.12. The van der Waals surface area contributed by atoms with Gasteiger partial charge in [-0.3, -0.25) is 4.79 Å². The fourth-order valence-electron chi connectivity index (χ4n) is 1.29. The van der Waals surface area contributed by atoms with Crippen LogP contribution in [-0.4, -0.2) is 17.2 Å². The zero-order valence-corrected chi connectivity index (χ0v) is 12.5. The molecule has 0 spiro atoms. The number of ether oxygens (including phenoxy) is 1. The average Bonchev–Trinajstić information content (AvgIpc) is 2.30. The fraction of sp³-hybridized carbons (Fsp3) is 0.417. The number of carbonyl (C=O) groups is 1. The molecule has 1 unspecified atom stereocenters. The van der Waals surface area contributed by atoms with E-state index >= 15 is 0 Å². The van der Waals surface area contributed by atoms with Gasteiger partial charge in [0.15, 0.2) is 5.78 Å². The number of hydrogen-bond acceptors (Lipinski definition) is 2. The molecule has 16 heavy (non-hydrogen) atoms. The van der Waals surface area contributed by atoms with Gasteiger partial charge in [-0.1, -0.05) is 22.9 Å². The van der Waals surface area contributed by atoms with Gasteiger partial charge in [-0.05, 0) is 47.5 Å². The maximum absolute atomic E-state index is 11.9. The van der Waals surface area contributed by atoms with E-state index in [1.54, 1.807) is 12.1 Å². The zero-order valence-electron chi connectivity index (χ0n) is 9.30. The monoisotopic (exact) mass is 348 g/mol. The predicted octanol–water partition coefficient (Wildman–Crippen LogP) is 4.20. The van der Waals surface area contributed by atoms with Crippen LogP contribution in [0.25, 0.3) is 0 Å². The van der Waals surface area contributed by atoms with E-state index in [4.69, 9.17) is 4.74 Å². The summed E-state index contributed by atoms with van der Waals surface area (Å²) < 4.78 is 6.20. The Morgan fingerprint density at radius 3 is 2.62 bits per heavy atom. The van der Waals surface area contributed by atoms with Crippen LogP contribution in [0.15, 0.2) is 22.7 Å². The summed E-state index contributed by atoms with van der Waals surface area (Å²) in [7, 11) is 0. The highest BCUT2D eigenvalue weighted by Crippen LogP contribution is 2.27. The lowest BCUT2D eigenvalue weighted by Gasteiger charge is -2.09. The van der Waals surface area contributed by atoms with Crippen LogP contribution in [0, 0.1) is 0 Å². The van der Waals surface area contributed by atoms with Gasteiger partial charge in [0.1, 0.15) is 5.75 Å². The first kappa shape index (κ1) is 13.7. The van der Waals surface area contributed by atoms with Crippen molar-refractivity contribution in [3.8, 4) is 5.75 Å². The Kier molecular flexibility index (Phi) is 5.49. The summed E-state index contributed by atoms with van der Waals surface area (Å²) >= 11 is 6.75. The quantitative estimate of drug-likeness (QED) is 0.588. The van der Waals surface area contributed by atoms with E-state index in [9.17, 15) is 4.79 Å². The summed E-state index contributed by atoms with van der Waals surface area (Å²) in [6.45, 7) is 4.51. The first-order valence-corrected chi connectivity index (χ1v) is 6.91. The molecule has 0 aliphatic carbocycles. The van der Waals surface area contributed by atoms with Crippen LogP contribution in [0.4, 0.5) is 0 Å². The zero-order chi connectivity index (χ0) is 12.1. The molecule has 0 saturated heterocycles. The van der Waals surface area contributed by atoms with E-state index in [-0.39, 0.29) is 10.6 Å². The molecular formula is C12H14Br2O2. The topological polar surface area (TPSA) is 26.3 Å². The van der Waals surface area contributed by atoms with E-state index in [2.05, 4.69) is 31.9 Å². The second kappa shape index (κ2) is 6.40. The molecule has 88 valence electrons. The molecule has 0 radical (unpaired) electrons. The van der Waals surface area contributed by atoms with E-state index < -0.39 is 0 Å². The molecular weight excluding hydrogens is 336 g/mol. The van der Waals surface area contributed by atoms with Crippen LogP contribution >= 0.6 is 31.9 Å². The van der Waals surface area contributed by atoms with Crippen LogP contribution in [0.2, 0.25) is 0 Å². The maximum Gasteiger partial charge on any atom is 0.176 e. The minimum absolute atomic E-state index is 0.103. The SMILES string of the molecule is CCOc1ccc(C(=O)C(Br)CC)cc1Br. The van der Waals surface area contributed by atoms with Gasteiger partial charge in [0.05, 0.1) is 15.9 Å². The summed E-state index contributed by atoms with van der Waals surface area (Å²) in [5.74, 6) is 0.868. The highest BCUT2D eigenvalue weighted by molar-refractivity contribution is 9.10. The molecule has 1 aromatic carbocycles. The standard InChI is InChI=1S/C12H14Br2O2/c1-3-9(13)12(15)8-5-6-11(16-4-2)10(14)7-8/h5-7,9H,3-4H2,1-2H3. The number of hydrogen-bond donors (Lipinski definition) is 0. The van der Waals surface area contributed by atoms with E-state index in [1.165, 1.54) is 0 Å². The van der Waals surface area contributed by atoms with Gasteiger partial charge in [0, 0.05) is 5.56 Å². The van der Waals surface area contributed by atoms with Crippen molar-refractivity contribution in [3.63, 3.8) is 0 Å². The second-order valence-corrected chi connectivity index (χ2v) is 5.28. The molecule has 1 aromatic rings. The molecule has 0 aliphatic heterocycles. The minimum atomic E-state index is -0.114. The summed E-state index contributed by atoms with van der Waals surface area (Å²) in [5.41, 5.74) is 0.694. The lowest BCUT2D eigenvalue weighted by atomic mass is 10.1. The first-order chi connectivity index (χ1) is 7.60. The molecule has 0 aliphatic rings. The summed E-state index contributed by atoms with van der Waals surface area (Å²) in [6.07, 6.45) is 0.781. The molecule has 1 atom stereocenters. The number of Topliss-reactive ketones (excluding diaryl/α,β-unsaturated/α-hetero) is 1. The molecule has 0 amide bonds. The van der Waals surface area contributed by atoms with Crippen molar-refractivity contribution < 1.29 is 9.53 Å². The van der Waals surface area contributed by atoms with Crippen molar-refractivity contribution in [1.29, 1.82) is 0 Å². The summed E-state index contributed by atoms with van der Waals surface area (Å²) in [6, 6.07) is 5.41. The lowest BCUT2D eigenvalue weighted by molar-refractivity contribution is 0.0990. The Hall–Kier alpha value is -0.350. The Labute approximate surface area is 113 Å². The van der Waals surface area contributed by atoms with Gasteiger partial charge >= 0.3 is 0 Å². The normalized spacial score (nSPS) is 12.2. The molecule has 0 bridgehead atoms. The maximum atomic E-state index is 11.9. The fourth-order valence-corrected chi connectivity index (χ4v) is 2.05. The number of carbonyl (C=O) groups excluding carboxylic acids is 1. The Morgan fingerprint density at radius 1 is 1.44 bits per heavy atom. The Bertz CT molecular complexity index is 377. The van der Waals surface area contributed by atoms with E-state index in [0.29, 0.717) is 12.2 Å². The largest absolute Gasteiger partial charge is 0.493 e. The van der Waals surface area contributed by atoms with Crippen LogP contribution in [0.1, 0.15) is 30.6 Å². The first-order valence-electron chi connectivity index (χ1n) is 5.20. The minimum Gasteiger partial charge on any atom is -0.493 e. The van der Waals surface area contributed by atoms with Crippen LogP contribution in [0.3, 0.4) is 0 Å². The summed E-state index contributed by atoms with van der Waals surface area (Å²) in [4.78, 5) is 11.8. The number of halogens is 2. The molecule has 4 heteroatoms. The van der Waals surface area contributed by atoms with Gasteiger partial charge in [0.2, 0.25) is 0 Å². The number of rotatable bonds is 5. The molecule has 0 N–H and O–H groups in total. The number of ketones is 1. The van der Waals surface area contributed by atoms with Gasteiger partial charge in [-0.25, -0.2) is 0 Å². The third-order valence-electron chi connectivity index (χ3n) is 2.16. The van der Waals surface area contributed by atoms with Gasteiger partial charge in [-0.15, -0.1) is 0 Å². The highest BCUT2D eigenvalue weighted by atomic mass is 79.9. The second-order valence-electron chi connectivity index (χ2n) is 3.32. The molecule has 0 heterocycles. The van der Waals surface area contributed by atoms with Crippen LogP contribution < -0.4 is 4.74 Å². The van der Waals surface area contributed by atoms with Crippen molar-refractivity contribution in [2.75, 3.05) is 6.61 Å². The molecule has 1 rings (SSSR count). The number of benzene rings is 1. The van der Waals surface area contributed by atoms with Crippen molar-refractivity contribution in [3.05, 3.63) is 28.2 Å². The third-order valence-corrected chi connectivity index (χ3v) is 3.84. The van der Waals surface area contributed by atoms with E-state index in [0.717, 1.165) is 16.6 Å². The van der Waals surface area contributed by atoms with Crippen molar-refractivity contribution in [1.82, 2.24) is 0 Å². The van der Waals surface area contributed by atoms with Crippen LogP contribution in [0.5, 0.6) is 5.75 Å². The predicted molar refractivity (Wildman–Crippen MR) is 72.6 cm³/mol. The van der Waals surface area contributed by atoms with Gasteiger partial charge < -0.3 is 4.74 Å². The van der Waals surface area contributed by atoms with Gasteiger partial charge in [-0.2, -0.15) is 0 Å². The molecule has 0 saturated carbocycles.